The summed E-state index contributed by atoms with van der Waals surface area (Å²) in [5.41, 5.74) is 4.93. The summed E-state index contributed by atoms with van der Waals surface area (Å²) in [4.78, 5) is 39.8. The summed E-state index contributed by atoms with van der Waals surface area (Å²) < 4.78 is 0. The lowest BCUT2D eigenvalue weighted by Gasteiger charge is -2.34. The molecule has 45 heavy (non-hydrogen) atoms. The number of likely N-dealkylation sites (tertiary alicyclic amines) is 1. The molecule has 4 heterocycles. The number of hydrogen-bond donors (Lipinski definition) is 4. The molecule has 3 atom stereocenters. The van der Waals surface area contributed by atoms with Crippen molar-refractivity contribution in [1.82, 2.24) is 30.8 Å². The molecule has 9 nitrogen and oxygen atoms in total. The standard InChI is InChI=1S/C35H48N6O3S/c1-35(2,3)25-9-10-28-24(19-25)20-30-33(39-28)45-34(40-30)32(44)38-29(13-17-41-15-11-27(42)12-16-41)22-6-4-7-23(18-22)31(43)37-26-8-5-14-36-21-26/h4,6-7,18,20,25-27,29,36,42H,5,8-17,19,21H2,1-3H3,(H,37,43)(H,38,44)/t25-,26?,29?/m0/s1. The third kappa shape index (κ3) is 7.91. The Morgan fingerprint density at radius 2 is 1.93 bits per heavy atom. The molecule has 2 saturated heterocycles. The van der Waals surface area contributed by atoms with Crippen molar-refractivity contribution in [2.24, 2.45) is 11.3 Å². The fraction of sp³-hybridized carbons (Fsp3) is 0.600. The van der Waals surface area contributed by atoms with Gasteiger partial charge in [0.05, 0.1) is 12.1 Å². The van der Waals surface area contributed by atoms with E-state index < -0.39 is 0 Å². The lowest BCUT2D eigenvalue weighted by atomic mass is 9.71. The van der Waals surface area contributed by atoms with Gasteiger partial charge in [0.2, 0.25) is 0 Å². The van der Waals surface area contributed by atoms with Crippen LogP contribution in [-0.2, 0) is 12.8 Å². The summed E-state index contributed by atoms with van der Waals surface area (Å²) in [5, 5.41) is 20.2. The van der Waals surface area contributed by atoms with Crippen LogP contribution in [0.15, 0.2) is 30.3 Å². The van der Waals surface area contributed by atoms with Gasteiger partial charge in [0.25, 0.3) is 11.8 Å². The van der Waals surface area contributed by atoms with E-state index >= 15 is 0 Å². The van der Waals surface area contributed by atoms with E-state index in [0.717, 1.165) is 99.3 Å². The fourth-order valence-electron chi connectivity index (χ4n) is 6.99. The van der Waals surface area contributed by atoms with Crippen molar-refractivity contribution in [1.29, 1.82) is 0 Å². The lowest BCUT2D eigenvalue weighted by Crippen LogP contribution is -2.45. The first-order valence-electron chi connectivity index (χ1n) is 16.7. The Hall–Kier alpha value is -2.92. The largest absolute Gasteiger partial charge is 0.393 e. The predicted molar refractivity (Wildman–Crippen MR) is 179 cm³/mol. The number of carbonyl (C=O) groups excluding carboxylic acids is 2. The summed E-state index contributed by atoms with van der Waals surface area (Å²) in [6.07, 6.45) is 7.10. The molecule has 1 aromatic carbocycles. The van der Waals surface area contributed by atoms with E-state index in [1.54, 1.807) is 0 Å². The van der Waals surface area contributed by atoms with Gasteiger partial charge in [-0.15, -0.1) is 0 Å². The molecule has 4 N–H and O–H groups in total. The van der Waals surface area contributed by atoms with Crippen molar-refractivity contribution in [2.45, 2.75) is 90.3 Å². The second-order valence-electron chi connectivity index (χ2n) is 14.3. The van der Waals surface area contributed by atoms with Crippen LogP contribution >= 0.6 is 11.3 Å². The molecule has 2 amide bonds. The van der Waals surface area contributed by atoms with Gasteiger partial charge >= 0.3 is 0 Å². The van der Waals surface area contributed by atoms with Crippen LogP contribution in [0.3, 0.4) is 0 Å². The molecule has 2 unspecified atom stereocenters. The number of rotatable bonds is 8. The number of pyridine rings is 1. The fourth-order valence-corrected chi connectivity index (χ4v) is 7.83. The monoisotopic (exact) mass is 632 g/mol. The van der Waals surface area contributed by atoms with Crippen molar-refractivity contribution in [3.63, 3.8) is 0 Å². The quantitative estimate of drug-likeness (QED) is 0.286. The van der Waals surface area contributed by atoms with Crippen molar-refractivity contribution >= 4 is 33.5 Å². The van der Waals surface area contributed by atoms with Gasteiger partial charge in [-0.25, -0.2) is 9.97 Å². The highest BCUT2D eigenvalue weighted by molar-refractivity contribution is 7.19. The zero-order valence-electron chi connectivity index (χ0n) is 26.9. The maximum absolute atomic E-state index is 13.8. The van der Waals surface area contributed by atoms with Gasteiger partial charge in [-0.1, -0.05) is 44.2 Å². The number of aryl methyl sites for hydroxylation is 1. The zero-order chi connectivity index (χ0) is 31.6. The molecule has 3 aliphatic rings. The third-order valence-corrected chi connectivity index (χ3v) is 10.9. The van der Waals surface area contributed by atoms with Crippen LogP contribution in [0.2, 0.25) is 0 Å². The average Bonchev–Trinajstić information content (AvgIpc) is 3.45. The Morgan fingerprint density at radius 1 is 1.11 bits per heavy atom. The number of carbonyl (C=O) groups is 2. The SMILES string of the molecule is CC(C)(C)[C@H]1CCc2nc3sc(C(=O)NC(CCN4CCC(O)CC4)c4cccc(C(=O)NC5CCCNC5)c4)nc3cc2C1. The van der Waals surface area contributed by atoms with E-state index in [4.69, 9.17) is 9.97 Å². The number of piperidine rings is 2. The van der Waals surface area contributed by atoms with Gasteiger partial charge in [0, 0.05) is 43.5 Å². The van der Waals surface area contributed by atoms with E-state index in [2.05, 4.69) is 47.7 Å². The Kier molecular flexibility index (Phi) is 9.85. The minimum atomic E-state index is -0.297. The summed E-state index contributed by atoms with van der Waals surface area (Å²) in [7, 11) is 0. The minimum absolute atomic E-state index is 0.0874. The molecule has 6 rings (SSSR count). The van der Waals surface area contributed by atoms with Gasteiger partial charge in [-0.3, -0.25) is 9.59 Å². The highest BCUT2D eigenvalue weighted by atomic mass is 32.1. The first-order chi connectivity index (χ1) is 21.6. The molecule has 0 saturated carbocycles. The molecular weight excluding hydrogens is 584 g/mol. The molecule has 0 spiro atoms. The van der Waals surface area contributed by atoms with Gasteiger partial charge < -0.3 is 26.0 Å². The second-order valence-corrected chi connectivity index (χ2v) is 15.3. The smallest absolute Gasteiger partial charge is 0.280 e. The normalized spacial score (nSPS) is 22.1. The van der Waals surface area contributed by atoms with E-state index in [0.29, 0.717) is 22.9 Å². The summed E-state index contributed by atoms with van der Waals surface area (Å²) in [6.45, 7) is 11.2. The molecule has 242 valence electrons. The molecule has 0 bridgehead atoms. The van der Waals surface area contributed by atoms with E-state index in [9.17, 15) is 14.7 Å². The third-order valence-electron chi connectivity index (χ3n) is 9.95. The number of amides is 2. The molecular formula is C35H48N6O3S. The Bertz CT molecular complexity index is 1500. The van der Waals surface area contributed by atoms with E-state index in [1.165, 1.54) is 16.9 Å². The zero-order valence-corrected chi connectivity index (χ0v) is 27.7. The maximum atomic E-state index is 13.8. The van der Waals surface area contributed by atoms with E-state index in [1.807, 2.05) is 24.3 Å². The number of benzene rings is 1. The number of fused-ring (bicyclic) bond motifs is 2. The lowest BCUT2D eigenvalue weighted by molar-refractivity contribution is 0.0795. The summed E-state index contributed by atoms with van der Waals surface area (Å²) in [6, 6.07) is 9.61. The molecule has 1 aliphatic carbocycles. The Balaban J connectivity index is 1.20. The number of nitrogens with zero attached hydrogens (tertiary/aromatic N) is 3. The highest BCUT2D eigenvalue weighted by Gasteiger charge is 2.30. The topological polar surface area (TPSA) is 119 Å². The van der Waals surface area contributed by atoms with Crippen LogP contribution in [0.1, 0.15) is 102 Å². The number of aromatic nitrogens is 2. The van der Waals surface area contributed by atoms with Crippen molar-refractivity contribution in [3.8, 4) is 0 Å². The van der Waals surface area contributed by atoms with Gasteiger partial charge in [-0.2, -0.15) is 0 Å². The number of aliphatic hydroxyl groups is 1. The van der Waals surface area contributed by atoms with Crippen LogP contribution in [-0.4, -0.2) is 76.7 Å². The number of nitrogens with one attached hydrogen (secondary N) is 3. The maximum Gasteiger partial charge on any atom is 0.280 e. The molecule has 0 radical (unpaired) electrons. The highest BCUT2D eigenvalue weighted by Crippen LogP contribution is 2.38. The average molecular weight is 633 g/mol. The molecule has 2 aromatic heterocycles. The summed E-state index contributed by atoms with van der Waals surface area (Å²) in [5.74, 6) is 0.299. The Morgan fingerprint density at radius 3 is 2.69 bits per heavy atom. The van der Waals surface area contributed by atoms with Crippen molar-refractivity contribution < 1.29 is 14.7 Å². The van der Waals surface area contributed by atoms with Gasteiger partial charge in [-0.05, 0) is 98.6 Å². The van der Waals surface area contributed by atoms with Gasteiger partial charge in [0.1, 0.15) is 10.3 Å². The molecule has 10 heteroatoms. The predicted octanol–water partition coefficient (Wildman–Crippen LogP) is 4.64. The number of aliphatic hydroxyl groups excluding tert-OH is 1. The first kappa shape index (κ1) is 32.0. The van der Waals surface area contributed by atoms with E-state index in [-0.39, 0.29) is 35.4 Å². The minimum Gasteiger partial charge on any atom is -0.393 e. The summed E-state index contributed by atoms with van der Waals surface area (Å²) >= 11 is 1.35. The molecule has 3 aromatic rings. The van der Waals surface area contributed by atoms with Crippen LogP contribution < -0.4 is 16.0 Å². The van der Waals surface area contributed by atoms with Crippen molar-refractivity contribution in [3.05, 3.63) is 57.7 Å². The Labute approximate surface area is 270 Å². The van der Waals surface area contributed by atoms with Crippen LogP contribution in [0.25, 0.3) is 10.3 Å². The second kappa shape index (κ2) is 13.8. The number of hydrogen-bond acceptors (Lipinski definition) is 8. The number of thiazole rings is 1. The molecule has 2 fully saturated rings. The van der Waals surface area contributed by atoms with Crippen LogP contribution in [0.4, 0.5) is 0 Å². The first-order valence-corrected chi connectivity index (χ1v) is 17.6. The molecule has 2 aliphatic heterocycles. The van der Waals surface area contributed by atoms with Crippen LogP contribution in [0, 0.1) is 11.3 Å². The van der Waals surface area contributed by atoms with Crippen LogP contribution in [0.5, 0.6) is 0 Å². The van der Waals surface area contributed by atoms with Crippen molar-refractivity contribution in [2.75, 3.05) is 32.7 Å². The van der Waals surface area contributed by atoms with Gasteiger partial charge in [0.15, 0.2) is 5.01 Å².